The fourth-order valence-corrected chi connectivity index (χ4v) is 7.74. The van der Waals surface area contributed by atoms with Crippen molar-refractivity contribution >= 4 is 49.9 Å². The molecule has 1 aliphatic rings. The average molecular weight is 549 g/mol. The number of thioether (sulfide) groups is 1. The molecule has 196 valence electrons. The quantitative estimate of drug-likeness (QED) is 0.338. The zero-order chi connectivity index (χ0) is 25.9. The number of primary amides is 1. The molecule has 1 aliphatic heterocycles. The minimum Gasteiger partial charge on any atom is -0.366 e. The summed E-state index contributed by atoms with van der Waals surface area (Å²) in [6, 6.07) is 6.24. The second kappa shape index (κ2) is 11.7. The first-order valence-electron chi connectivity index (χ1n) is 12.5. The van der Waals surface area contributed by atoms with Crippen molar-refractivity contribution in [2.45, 2.75) is 39.2 Å². The SMILES string of the molecule is CCSCCN(C)Cc1cc(-c2cc(C(N)=O)c3[nH]cc(C4CCN(S(=O)(=O)CC)CC4)c3c2)cs1. The zero-order valence-electron chi connectivity index (χ0n) is 21.2. The number of amides is 1. The van der Waals surface area contributed by atoms with Crippen molar-refractivity contribution in [1.29, 1.82) is 0 Å². The van der Waals surface area contributed by atoms with E-state index in [9.17, 15) is 13.2 Å². The van der Waals surface area contributed by atoms with Crippen LogP contribution in [-0.2, 0) is 16.6 Å². The highest BCUT2D eigenvalue weighted by atomic mass is 32.2. The number of hydrogen-bond donors (Lipinski definition) is 2. The highest BCUT2D eigenvalue weighted by molar-refractivity contribution is 7.99. The third-order valence-corrected chi connectivity index (χ3v) is 10.7. The van der Waals surface area contributed by atoms with Crippen LogP contribution in [-0.4, -0.2) is 72.5 Å². The monoisotopic (exact) mass is 548 g/mol. The summed E-state index contributed by atoms with van der Waals surface area (Å²) in [6.07, 6.45) is 3.49. The second-order valence-electron chi connectivity index (χ2n) is 9.36. The van der Waals surface area contributed by atoms with Gasteiger partial charge in [0.15, 0.2) is 0 Å². The molecular formula is C26H36N4O3S3. The Morgan fingerprint density at radius 2 is 1.97 bits per heavy atom. The summed E-state index contributed by atoms with van der Waals surface area (Å²) in [5.74, 6) is 2.17. The Morgan fingerprint density at radius 1 is 1.22 bits per heavy atom. The van der Waals surface area contributed by atoms with E-state index >= 15 is 0 Å². The topological polar surface area (TPSA) is 99.5 Å². The van der Waals surface area contributed by atoms with Gasteiger partial charge in [-0.1, -0.05) is 6.92 Å². The minimum absolute atomic E-state index is 0.131. The molecule has 3 aromatic rings. The van der Waals surface area contributed by atoms with Gasteiger partial charge in [0.2, 0.25) is 10.0 Å². The highest BCUT2D eigenvalue weighted by Gasteiger charge is 2.29. The highest BCUT2D eigenvalue weighted by Crippen LogP contribution is 2.38. The summed E-state index contributed by atoms with van der Waals surface area (Å²) >= 11 is 3.69. The number of piperidine rings is 1. The predicted molar refractivity (Wildman–Crippen MR) is 152 cm³/mol. The molecule has 3 N–H and O–H groups in total. The van der Waals surface area contributed by atoms with Gasteiger partial charge in [-0.05, 0) is 78.8 Å². The number of nitrogens with one attached hydrogen (secondary N) is 1. The smallest absolute Gasteiger partial charge is 0.250 e. The van der Waals surface area contributed by atoms with Gasteiger partial charge >= 0.3 is 0 Å². The van der Waals surface area contributed by atoms with Crippen LogP contribution >= 0.6 is 23.1 Å². The van der Waals surface area contributed by atoms with Gasteiger partial charge in [-0.3, -0.25) is 4.79 Å². The zero-order valence-corrected chi connectivity index (χ0v) is 23.7. The van der Waals surface area contributed by atoms with E-state index in [-0.39, 0.29) is 11.7 Å². The number of nitrogens with zero attached hydrogens (tertiary/aromatic N) is 2. The van der Waals surface area contributed by atoms with Crippen LogP contribution in [0.3, 0.4) is 0 Å². The van der Waals surface area contributed by atoms with E-state index in [1.165, 1.54) is 4.88 Å². The lowest BCUT2D eigenvalue weighted by Gasteiger charge is -2.31. The van der Waals surface area contributed by atoms with E-state index in [4.69, 9.17) is 5.73 Å². The van der Waals surface area contributed by atoms with Crippen LogP contribution in [0.5, 0.6) is 0 Å². The average Bonchev–Trinajstić information content (AvgIpc) is 3.50. The number of fused-ring (bicyclic) bond motifs is 1. The van der Waals surface area contributed by atoms with Crippen LogP contribution in [0.2, 0.25) is 0 Å². The summed E-state index contributed by atoms with van der Waals surface area (Å²) in [5, 5.41) is 3.15. The van der Waals surface area contributed by atoms with E-state index in [1.54, 1.807) is 22.6 Å². The standard InChI is InChI=1S/C26H36N4O3S3/c1-4-34-11-10-29(3)16-21-12-20(17-35-21)19-13-22-24(15-28-25(22)23(14-19)26(27)31)18-6-8-30(9-7-18)36(32,33)5-2/h12-15,17-18,28H,4-11,16H2,1-3H3,(H2,27,31). The number of carbonyl (C=O) groups is 1. The van der Waals surface area contributed by atoms with Crippen molar-refractivity contribution in [1.82, 2.24) is 14.2 Å². The van der Waals surface area contributed by atoms with Crippen molar-refractivity contribution < 1.29 is 13.2 Å². The lowest BCUT2D eigenvalue weighted by molar-refractivity contribution is 0.100. The molecule has 0 aliphatic carbocycles. The van der Waals surface area contributed by atoms with Crippen molar-refractivity contribution in [2.75, 3.05) is 43.9 Å². The maximum atomic E-state index is 12.4. The lowest BCUT2D eigenvalue weighted by Crippen LogP contribution is -2.38. The molecule has 1 fully saturated rings. The van der Waals surface area contributed by atoms with Crippen LogP contribution < -0.4 is 5.73 Å². The van der Waals surface area contributed by atoms with E-state index in [0.29, 0.717) is 18.7 Å². The van der Waals surface area contributed by atoms with Gasteiger partial charge in [0.1, 0.15) is 0 Å². The lowest BCUT2D eigenvalue weighted by atomic mass is 9.88. The van der Waals surface area contributed by atoms with E-state index < -0.39 is 15.9 Å². The summed E-state index contributed by atoms with van der Waals surface area (Å²) in [5.41, 5.74) is 10.2. The van der Waals surface area contributed by atoms with Gasteiger partial charge in [0, 0.05) is 48.4 Å². The first-order chi connectivity index (χ1) is 17.2. The maximum Gasteiger partial charge on any atom is 0.250 e. The van der Waals surface area contributed by atoms with Gasteiger partial charge in [-0.2, -0.15) is 11.8 Å². The first kappa shape index (κ1) is 27.2. The number of aromatic amines is 1. The maximum absolute atomic E-state index is 12.4. The Labute approximate surface area is 222 Å². The number of thiophene rings is 1. The molecule has 1 amide bonds. The van der Waals surface area contributed by atoms with Crippen LogP contribution in [0.15, 0.2) is 29.8 Å². The number of rotatable bonds is 11. The molecule has 7 nitrogen and oxygen atoms in total. The Kier molecular flexibility index (Phi) is 8.83. The van der Waals surface area contributed by atoms with E-state index in [0.717, 1.165) is 65.0 Å². The predicted octanol–water partition coefficient (Wildman–Crippen LogP) is 4.71. The van der Waals surface area contributed by atoms with Crippen LogP contribution in [0.4, 0.5) is 0 Å². The molecule has 36 heavy (non-hydrogen) atoms. The molecule has 2 aromatic heterocycles. The summed E-state index contributed by atoms with van der Waals surface area (Å²) in [7, 11) is -1.02. The Morgan fingerprint density at radius 3 is 2.64 bits per heavy atom. The molecule has 0 unspecified atom stereocenters. The van der Waals surface area contributed by atoms with E-state index in [2.05, 4.69) is 41.4 Å². The second-order valence-corrected chi connectivity index (χ2v) is 14.0. The largest absolute Gasteiger partial charge is 0.366 e. The molecular weight excluding hydrogens is 513 g/mol. The van der Waals surface area contributed by atoms with Crippen molar-refractivity contribution in [3.8, 4) is 11.1 Å². The van der Waals surface area contributed by atoms with Gasteiger partial charge in [-0.15, -0.1) is 11.3 Å². The van der Waals surface area contributed by atoms with Gasteiger partial charge in [-0.25, -0.2) is 12.7 Å². The van der Waals surface area contributed by atoms with Crippen molar-refractivity contribution in [3.05, 3.63) is 45.8 Å². The fraction of sp³-hybridized carbons (Fsp3) is 0.500. The number of benzene rings is 1. The number of nitrogens with two attached hydrogens (primary N) is 1. The van der Waals surface area contributed by atoms with Gasteiger partial charge in [0.05, 0.1) is 16.8 Å². The Hall–Kier alpha value is -1.85. The number of hydrogen-bond acceptors (Lipinski definition) is 6. The molecule has 1 aromatic carbocycles. The van der Waals surface area contributed by atoms with E-state index in [1.807, 2.05) is 24.0 Å². The normalized spacial score (nSPS) is 15.8. The number of H-pyrrole nitrogens is 1. The third kappa shape index (κ3) is 5.99. The number of sulfonamides is 1. The molecule has 0 bridgehead atoms. The Bertz CT molecular complexity index is 1310. The molecule has 0 radical (unpaired) electrons. The Balaban J connectivity index is 1.59. The summed E-state index contributed by atoms with van der Waals surface area (Å²) in [4.78, 5) is 19.3. The molecule has 1 saturated heterocycles. The van der Waals surface area contributed by atoms with Crippen LogP contribution in [0, 0.1) is 0 Å². The minimum atomic E-state index is -3.17. The molecule has 0 spiro atoms. The molecule has 3 heterocycles. The fourth-order valence-electron chi connectivity index (χ4n) is 4.90. The molecule has 0 atom stereocenters. The summed E-state index contributed by atoms with van der Waals surface area (Å²) < 4.78 is 26.2. The first-order valence-corrected chi connectivity index (χ1v) is 16.1. The number of aromatic nitrogens is 1. The van der Waals surface area contributed by atoms with Crippen LogP contribution in [0.25, 0.3) is 22.0 Å². The van der Waals surface area contributed by atoms with Crippen molar-refractivity contribution in [2.24, 2.45) is 5.73 Å². The van der Waals surface area contributed by atoms with Crippen molar-refractivity contribution in [3.63, 3.8) is 0 Å². The summed E-state index contributed by atoms with van der Waals surface area (Å²) in [6.45, 7) is 6.86. The molecule has 4 rings (SSSR count). The van der Waals surface area contributed by atoms with Gasteiger partial charge < -0.3 is 15.6 Å². The number of carbonyl (C=O) groups excluding carboxylic acids is 1. The van der Waals surface area contributed by atoms with Gasteiger partial charge in [0.25, 0.3) is 5.91 Å². The van der Waals surface area contributed by atoms with Crippen LogP contribution in [0.1, 0.15) is 53.4 Å². The molecule has 0 saturated carbocycles. The molecule has 10 heteroatoms. The third-order valence-electron chi connectivity index (χ3n) is 6.97.